The van der Waals surface area contributed by atoms with E-state index in [1.54, 1.807) is 0 Å². The van der Waals surface area contributed by atoms with Crippen LogP contribution in [-0.4, -0.2) is 16.8 Å². The fraction of sp³-hybridized carbons (Fsp3) is 0.538. The number of hydrogen-bond acceptors (Lipinski definition) is 2. The first kappa shape index (κ1) is 10.7. The van der Waals surface area contributed by atoms with Gasteiger partial charge in [-0.05, 0) is 42.2 Å². The van der Waals surface area contributed by atoms with E-state index in [0.717, 1.165) is 18.4 Å². The summed E-state index contributed by atoms with van der Waals surface area (Å²) in [5.74, 6) is 1.10. The Balaban J connectivity index is 2.04. The van der Waals surface area contributed by atoms with Crippen LogP contribution >= 0.6 is 0 Å². The van der Waals surface area contributed by atoms with Gasteiger partial charge in [-0.25, -0.2) is 0 Å². The summed E-state index contributed by atoms with van der Waals surface area (Å²) < 4.78 is 0. The molecule has 15 heavy (non-hydrogen) atoms. The summed E-state index contributed by atoms with van der Waals surface area (Å²) in [5.41, 5.74) is 2.32. The van der Waals surface area contributed by atoms with Crippen molar-refractivity contribution < 1.29 is 10.2 Å². The maximum absolute atomic E-state index is 9.08. The van der Waals surface area contributed by atoms with Gasteiger partial charge in [-0.1, -0.05) is 24.3 Å². The monoisotopic (exact) mass is 206 g/mol. The van der Waals surface area contributed by atoms with Gasteiger partial charge in [0.05, 0.1) is 6.61 Å². The number of aliphatic hydroxyl groups is 2. The first-order valence-electron chi connectivity index (χ1n) is 5.64. The summed E-state index contributed by atoms with van der Waals surface area (Å²) in [5, 5.41) is 18.0. The predicted molar refractivity (Wildman–Crippen MR) is 59.5 cm³/mol. The highest BCUT2D eigenvalue weighted by molar-refractivity contribution is 5.25. The third kappa shape index (κ3) is 2.39. The lowest BCUT2D eigenvalue weighted by Gasteiger charge is -2.10. The normalized spacial score (nSPS) is 25.7. The summed E-state index contributed by atoms with van der Waals surface area (Å²) in [6.45, 7) is 0.440. The van der Waals surface area contributed by atoms with Crippen LogP contribution in [0.5, 0.6) is 0 Å². The number of benzene rings is 1. The Morgan fingerprint density at radius 2 is 1.80 bits per heavy atom. The van der Waals surface area contributed by atoms with Gasteiger partial charge in [0.25, 0.3) is 0 Å². The van der Waals surface area contributed by atoms with Crippen LogP contribution in [0.3, 0.4) is 0 Å². The molecule has 2 heteroatoms. The topological polar surface area (TPSA) is 40.5 Å². The van der Waals surface area contributed by atoms with Crippen molar-refractivity contribution in [1.82, 2.24) is 0 Å². The van der Waals surface area contributed by atoms with Gasteiger partial charge in [0.1, 0.15) is 0 Å². The molecule has 0 bridgehead atoms. The van der Waals surface area contributed by atoms with E-state index in [4.69, 9.17) is 10.2 Å². The van der Waals surface area contributed by atoms with Crippen LogP contribution in [-0.2, 0) is 6.61 Å². The van der Waals surface area contributed by atoms with Gasteiger partial charge in [0.2, 0.25) is 0 Å². The van der Waals surface area contributed by atoms with Crippen molar-refractivity contribution in [2.75, 3.05) is 6.61 Å². The van der Waals surface area contributed by atoms with E-state index < -0.39 is 0 Å². The average Bonchev–Trinajstić information content (AvgIpc) is 2.78. The first-order valence-corrected chi connectivity index (χ1v) is 5.64. The Hall–Kier alpha value is -0.860. The van der Waals surface area contributed by atoms with E-state index in [1.165, 1.54) is 12.0 Å². The van der Waals surface area contributed by atoms with Crippen LogP contribution in [0.15, 0.2) is 24.3 Å². The first-order chi connectivity index (χ1) is 7.33. The van der Waals surface area contributed by atoms with Crippen LogP contribution in [0.2, 0.25) is 0 Å². The molecule has 2 nitrogen and oxygen atoms in total. The van der Waals surface area contributed by atoms with Gasteiger partial charge >= 0.3 is 0 Å². The molecular formula is C13H18O2. The molecule has 0 amide bonds. The van der Waals surface area contributed by atoms with Gasteiger partial charge in [-0.15, -0.1) is 0 Å². The molecule has 2 atom stereocenters. The van der Waals surface area contributed by atoms with Crippen molar-refractivity contribution in [3.63, 3.8) is 0 Å². The molecule has 82 valence electrons. The van der Waals surface area contributed by atoms with E-state index in [1.807, 2.05) is 12.1 Å². The molecule has 0 aromatic heterocycles. The Bertz CT molecular complexity index is 305. The maximum atomic E-state index is 9.08. The predicted octanol–water partition coefficient (Wildman–Crippen LogP) is 2.05. The molecule has 0 heterocycles. The molecule has 1 aromatic carbocycles. The van der Waals surface area contributed by atoms with Crippen molar-refractivity contribution in [3.8, 4) is 0 Å². The molecule has 0 radical (unpaired) electrons. The third-order valence-corrected chi connectivity index (χ3v) is 3.43. The summed E-state index contributed by atoms with van der Waals surface area (Å²) in [6, 6.07) is 8.19. The molecule has 1 aliphatic rings. The molecule has 0 unspecified atom stereocenters. The Kier molecular flexibility index (Phi) is 3.39. The van der Waals surface area contributed by atoms with E-state index >= 15 is 0 Å². The fourth-order valence-electron chi connectivity index (χ4n) is 2.44. The van der Waals surface area contributed by atoms with Crippen molar-refractivity contribution in [1.29, 1.82) is 0 Å². The maximum Gasteiger partial charge on any atom is 0.0681 e. The summed E-state index contributed by atoms with van der Waals surface area (Å²) >= 11 is 0. The zero-order valence-corrected chi connectivity index (χ0v) is 8.89. The summed E-state index contributed by atoms with van der Waals surface area (Å²) in [7, 11) is 0. The van der Waals surface area contributed by atoms with Crippen LogP contribution in [0.4, 0.5) is 0 Å². The van der Waals surface area contributed by atoms with Gasteiger partial charge in [-0.2, -0.15) is 0 Å². The van der Waals surface area contributed by atoms with Gasteiger partial charge in [-0.3, -0.25) is 0 Å². The van der Waals surface area contributed by atoms with Crippen LogP contribution < -0.4 is 0 Å². The van der Waals surface area contributed by atoms with Gasteiger partial charge < -0.3 is 10.2 Å². The molecule has 0 spiro atoms. The van der Waals surface area contributed by atoms with Crippen molar-refractivity contribution >= 4 is 0 Å². The van der Waals surface area contributed by atoms with E-state index in [0.29, 0.717) is 18.4 Å². The van der Waals surface area contributed by atoms with Gasteiger partial charge in [0, 0.05) is 6.61 Å². The largest absolute Gasteiger partial charge is 0.396 e. The second-order valence-corrected chi connectivity index (χ2v) is 4.46. The lowest BCUT2D eigenvalue weighted by atomic mass is 9.95. The highest BCUT2D eigenvalue weighted by Gasteiger charge is 2.24. The van der Waals surface area contributed by atoms with E-state index in [9.17, 15) is 0 Å². The Morgan fingerprint density at radius 3 is 2.33 bits per heavy atom. The standard InChI is InChI=1S/C13H18O2/c14-8-10-1-4-12(5-2-10)13-6-3-11(7-13)9-15/h1-2,4-5,11,13-15H,3,6-9H2/t11-,13+/m0/s1. The molecule has 1 aromatic rings. The molecule has 0 saturated heterocycles. The van der Waals surface area contributed by atoms with Crippen LogP contribution in [0.25, 0.3) is 0 Å². The Morgan fingerprint density at radius 1 is 1.07 bits per heavy atom. The number of aliphatic hydroxyl groups excluding tert-OH is 2. The van der Waals surface area contributed by atoms with Crippen molar-refractivity contribution in [2.24, 2.45) is 5.92 Å². The molecule has 1 fully saturated rings. The molecule has 1 saturated carbocycles. The minimum Gasteiger partial charge on any atom is -0.396 e. The minimum atomic E-state index is 0.115. The van der Waals surface area contributed by atoms with Crippen molar-refractivity contribution in [3.05, 3.63) is 35.4 Å². The Labute approximate surface area is 90.6 Å². The van der Waals surface area contributed by atoms with E-state index in [-0.39, 0.29) is 6.61 Å². The summed E-state index contributed by atoms with van der Waals surface area (Å²) in [6.07, 6.45) is 3.43. The lowest BCUT2D eigenvalue weighted by molar-refractivity contribution is 0.229. The van der Waals surface area contributed by atoms with Crippen LogP contribution in [0.1, 0.15) is 36.3 Å². The van der Waals surface area contributed by atoms with E-state index in [2.05, 4.69) is 12.1 Å². The summed E-state index contributed by atoms with van der Waals surface area (Å²) in [4.78, 5) is 0. The smallest absolute Gasteiger partial charge is 0.0681 e. The average molecular weight is 206 g/mol. The fourth-order valence-corrected chi connectivity index (χ4v) is 2.44. The SMILES string of the molecule is OCc1ccc([C@@H]2CC[C@H](CO)C2)cc1. The van der Waals surface area contributed by atoms with Gasteiger partial charge in [0.15, 0.2) is 0 Å². The minimum absolute atomic E-state index is 0.115. The van der Waals surface area contributed by atoms with Crippen LogP contribution in [0, 0.1) is 5.92 Å². The quantitative estimate of drug-likeness (QED) is 0.794. The van der Waals surface area contributed by atoms with Crippen molar-refractivity contribution in [2.45, 2.75) is 31.8 Å². The highest BCUT2D eigenvalue weighted by atomic mass is 16.3. The zero-order valence-electron chi connectivity index (χ0n) is 8.89. The second-order valence-electron chi connectivity index (χ2n) is 4.46. The molecule has 1 aliphatic carbocycles. The molecule has 0 aliphatic heterocycles. The molecular weight excluding hydrogens is 188 g/mol. The second kappa shape index (κ2) is 4.77. The number of rotatable bonds is 3. The third-order valence-electron chi connectivity index (χ3n) is 3.43. The highest BCUT2D eigenvalue weighted by Crippen LogP contribution is 2.37. The molecule has 2 rings (SSSR count). The molecule has 2 N–H and O–H groups in total. The number of hydrogen-bond donors (Lipinski definition) is 2. The zero-order chi connectivity index (χ0) is 10.7. The lowest BCUT2D eigenvalue weighted by Crippen LogP contribution is -2.00.